The highest BCUT2D eigenvalue weighted by molar-refractivity contribution is 5.66. The first-order valence-electron chi connectivity index (χ1n) is 2.83. The second-order valence-electron chi connectivity index (χ2n) is 1.88. The van der Waals surface area contributed by atoms with E-state index in [1.165, 1.54) is 6.92 Å². The van der Waals surface area contributed by atoms with Gasteiger partial charge in [0.05, 0.1) is 6.61 Å². The van der Waals surface area contributed by atoms with Crippen molar-refractivity contribution in [2.75, 3.05) is 13.7 Å². The van der Waals surface area contributed by atoms with Crippen LogP contribution in [0.3, 0.4) is 0 Å². The van der Waals surface area contributed by atoms with Crippen LogP contribution in [0.2, 0.25) is 0 Å². The van der Waals surface area contributed by atoms with Crippen molar-refractivity contribution < 1.29 is 14.3 Å². The van der Waals surface area contributed by atoms with Crippen LogP contribution in [-0.4, -0.2) is 25.8 Å². The number of methoxy groups -OCH3 is 1. The van der Waals surface area contributed by atoms with Crippen LogP contribution in [0.5, 0.6) is 0 Å². The summed E-state index contributed by atoms with van der Waals surface area (Å²) < 4.78 is 9.45. The van der Waals surface area contributed by atoms with E-state index in [0.717, 1.165) is 0 Å². The Morgan fingerprint density at radius 3 is 2.56 bits per heavy atom. The van der Waals surface area contributed by atoms with Gasteiger partial charge in [-0.25, -0.2) is 0 Å². The molecule has 0 amide bonds. The largest absolute Gasteiger partial charge is 0.460 e. The Kier molecular flexibility index (Phi) is 4.05. The fourth-order valence-electron chi connectivity index (χ4n) is 0.552. The number of esters is 1. The van der Waals surface area contributed by atoms with Gasteiger partial charge in [-0.3, -0.25) is 4.79 Å². The van der Waals surface area contributed by atoms with Gasteiger partial charge in [-0.15, -0.1) is 0 Å². The van der Waals surface area contributed by atoms with E-state index in [0.29, 0.717) is 6.61 Å². The van der Waals surface area contributed by atoms with E-state index in [-0.39, 0.29) is 12.1 Å². The van der Waals surface area contributed by atoms with Gasteiger partial charge in [0.1, 0.15) is 6.10 Å². The fourth-order valence-corrected chi connectivity index (χ4v) is 0.552. The number of ether oxygens (including phenoxy) is 2. The maximum absolute atomic E-state index is 10.3. The van der Waals surface area contributed by atoms with Crippen molar-refractivity contribution in [1.29, 1.82) is 0 Å². The minimum absolute atomic E-state index is 0.132. The molecular formula is C6H12O3. The van der Waals surface area contributed by atoms with Crippen molar-refractivity contribution in [3.8, 4) is 0 Å². The standard InChI is InChI=1S/C6H12O3/c1-5(4-8-3)9-6(2)7/h5H,4H2,1-3H3/t5-/m1/s1. The lowest BCUT2D eigenvalue weighted by Gasteiger charge is -2.08. The molecule has 3 heteroatoms. The van der Waals surface area contributed by atoms with Gasteiger partial charge in [-0.2, -0.15) is 0 Å². The van der Waals surface area contributed by atoms with Gasteiger partial charge >= 0.3 is 5.97 Å². The lowest BCUT2D eigenvalue weighted by molar-refractivity contribution is -0.147. The molecule has 0 N–H and O–H groups in total. The van der Waals surface area contributed by atoms with Crippen molar-refractivity contribution >= 4 is 5.97 Å². The molecular weight excluding hydrogens is 120 g/mol. The lowest BCUT2D eigenvalue weighted by atomic mass is 10.4. The van der Waals surface area contributed by atoms with Crippen LogP contribution in [0, 0.1) is 0 Å². The van der Waals surface area contributed by atoms with Crippen LogP contribution < -0.4 is 0 Å². The minimum Gasteiger partial charge on any atom is -0.460 e. The van der Waals surface area contributed by atoms with Gasteiger partial charge in [0.25, 0.3) is 0 Å². The molecule has 0 aromatic rings. The highest BCUT2D eigenvalue weighted by Crippen LogP contribution is 1.90. The summed E-state index contributed by atoms with van der Waals surface area (Å²) in [4.78, 5) is 10.3. The molecule has 0 spiro atoms. The Bertz CT molecular complexity index is 90.3. The Morgan fingerprint density at radius 2 is 2.22 bits per heavy atom. The maximum Gasteiger partial charge on any atom is 0.302 e. The molecule has 54 valence electrons. The van der Waals surface area contributed by atoms with Crippen molar-refractivity contribution in [2.24, 2.45) is 0 Å². The van der Waals surface area contributed by atoms with E-state index in [4.69, 9.17) is 9.47 Å². The molecule has 0 saturated carbocycles. The number of rotatable bonds is 3. The first-order chi connectivity index (χ1) is 4.16. The molecule has 0 heterocycles. The molecule has 0 aliphatic carbocycles. The first kappa shape index (κ1) is 8.43. The molecule has 0 aliphatic rings. The molecule has 0 saturated heterocycles. The summed E-state index contributed by atoms with van der Waals surface area (Å²) in [6.07, 6.45) is -0.132. The Labute approximate surface area is 55.0 Å². The third-order valence-corrected chi connectivity index (χ3v) is 0.769. The van der Waals surface area contributed by atoms with E-state index in [1.54, 1.807) is 14.0 Å². The molecule has 0 aliphatic heterocycles. The van der Waals surface area contributed by atoms with Crippen molar-refractivity contribution in [3.05, 3.63) is 0 Å². The Balaban J connectivity index is 3.26. The number of hydrogen-bond acceptors (Lipinski definition) is 3. The van der Waals surface area contributed by atoms with Gasteiger partial charge in [0.2, 0.25) is 0 Å². The minimum atomic E-state index is -0.264. The zero-order valence-electron chi connectivity index (χ0n) is 6.01. The molecule has 0 radical (unpaired) electrons. The van der Waals surface area contributed by atoms with Crippen molar-refractivity contribution in [2.45, 2.75) is 20.0 Å². The molecule has 9 heavy (non-hydrogen) atoms. The molecule has 0 fully saturated rings. The fraction of sp³-hybridized carbons (Fsp3) is 0.833. The number of carbonyl (C=O) groups is 1. The summed E-state index contributed by atoms with van der Waals surface area (Å²) in [5.74, 6) is -0.264. The van der Waals surface area contributed by atoms with Crippen LogP contribution in [0.25, 0.3) is 0 Å². The van der Waals surface area contributed by atoms with E-state index in [9.17, 15) is 4.79 Å². The molecule has 0 aromatic carbocycles. The summed E-state index contributed by atoms with van der Waals surface area (Å²) in [6, 6.07) is 0. The molecule has 1 atom stereocenters. The highest BCUT2D eigenvalue weighted by Gasteiger charge is 2.02. The summed E-state index contributed by atoms with van der Waals surface area (Å²) in [5.41, 5.74) is 0. The zero-order valence-corrected chi connectivity index (χ0v) is 6.01. The average molecular weight is 132 g/mol. The quantitative estimate of drug-likeness (QED) is 0.527. The third-order valence-electron chi connectivity index (χ3n) is 0.769. The van der Waals surface area contributed by atoms with E-state index >= 15 is 0 Å². The molecule has 0 aromatic heterocycles. The molecule has 3 nitrogen and oxygen atoms in total. The number of carbonyl (C=O) groups excluding carboxylic acids is 1. The second-order valence-corrected chi connectivity index (χ2v) is 1.88. The lowest BCUT2D eigenvalue weighted by Crippen LogP contribution is -2.17. The highest BCUT2D eigenvalue weighted by atomic mass is 16.6. The Hall–Kier alpha value is -0.570. The van der Waals surface area contributed by atoms with E-state index in [1.807, 2.05) is 0 Å². The monoisotopic (exact) mass is 132 g/mol. The van der Waals surface area contributed by atoms with Crippen molar-refractivity contribution in [1.82, 2.24) is 0 Å². The van der Waals surface area contributed by atoms with Gasteiger partial charge in [0, 0.05) is 14.0 Å². The smallest absolute Gasteiger partial charge is 0.302 e. The number of hydrogen-bond donors (Lipinski definition) is 0. The summed E-state index contributed by atoms with van der Waals surface area (Å²) in [7, 11) is 1.57. The van der Waals surface area contributed by atoms with Crippen LogP contribution in [-0.2, 0) is 14.3 Å². The second kappa shape index (κ2) is 4.32. The Morgan fingerprint density at radius 1 is 1.67 bits per heavy atom. The molecule has 0 unspecified atom stereocenters. The summed E-state index contributed by atoms with van der Waals surface area (Å²) in [6.45, 7) is 3.62. The molecule has 0 rings (SSSR count). The van der Waals surface area contributed by atoms with E-state index < -0.39 is 0 Å². The average Bonchev–Trinajstić information content (AvgIpc) is 1.63. The predicted molar refractivity (Wildman–Crippen MR) is 33.1 cm³/mol. The van der Waals surface area contributed by atoms with Crippen LogP contribution in [0.4, 0.5) is 0 Å². The van der Waals surface area contributed by atoms with Gasteiger partial charge in [0.15, 0.2) is 0 Å². The van der Waals surface area contributed by atoms with Gasteiger partial charge in [-0.1, -0.05) is 0 Å². The van der Waals surface area contributed by atoms with Crippen molar-refractivity contribution in [3.63, 3.8) is 0 Å². The topological polar surface area (TPSA) is 35.5 Å². The van der Waals surface area contributed by atoms with Crippen LogP contribution >= 0.6 is 0 Å². The maximum atomic E-state index is 10.3. The third kappa shape index (κ3) is 5.30. The first-order valence-corrected chi connectivity index (χ1v) is 2.83. The summed E-state index contributed by atoms with van der Waals surface area (Å²) >= 11 is 0. The SMILES string of the molecule is COC[C@@H](C)OC(C)=O. The van der Waals surface area contributed by atoms with Crippen LogP contribution in [0.15, 0.2) is 0 Å². The van der Waals surface area contributed by atoms with Crippen LogP contribution in [0.1, 0.15) is 13.8 Å². The van der Waals surface area contributed by atoms with E-state index in [2.05, 4.69) is 0 Å². The normalized spacial score (nSPS) is 12.8. The summed E-state index contributed by atoms with van der Waals surface area (Å²) in [5, 5.41) is 0. The molecule has 0 bridgehead atoms. The van der Waals surface area contributed by atoms with Gasteiger partial charge in [-0.05, 0) is 6.92 Å². The predicted octanol–water partition coefficient (Wildman–Crippen LogP) is 0.584. The zero-order chi connectivity index (χ0) is 7.28. The van der Waals surface area contributed by atoms with Gasteiger partial charge < -0.3 is 9.47 Å².